The molecular formula is C17H17N5O3. The lowest BCUT2D eigenvalue weighted by Gasteiger charge is -2.05. The Morgan fingerprint density at radius 3 is 2.60 bits per heavy atom. The van der Waals surface area contributed by atoms with E-state index in [0.717, 1.165) is 5.56 Å². The van der Waals surface area contributed by atoms with Crippen LogP contribution in [0.3, 0.4) is 0 Å². The van der Waals surface area contributed by atoms with Crippen molar-refractivity contribution in [2.45, 2.75) is 20.3 Å². The highest BCUT2D eigenvalue weighted by Crippen LogP contribution is 2.16. The van der Waals surface area contributed by atoms with E-state index in [2.05, 4.69) is 26.2 Å². The van der Waals surface area contributed by atoms with Crippen LogP contribution in [0.5, 0.6) is 0 Å². The maximum Gasteiger partial charge on any atom is 0.287 e. The molecule has 0 bridgehead atoms. The van der Waals surface area contributed by atoms with Gasteiger partial charge in [-0.15, -0.1) is 0 Å². The minimum absolute atomic E-state index is 0.0691. The van der Waals surface area contributed by atoms with Crippen LogP contribution in [0.25, 0.3) is 11.3 Å². The summed E-state index contributed by atoms with van der Waals surface area (Å²) in [4.78, 5) is 24.1. The van der Waals surface area contributed by atoms with Crippen LogP contribution in [0.4, 0.5) is 0 Å². The van der Waals surface area contributed by atoms with Crippen LogP contribution >= 0.6 is 0 Å². The topological polar surface area (TPSA) is 113 Å². The van der Waals surface area contributed by atoms with E-state index in [4.69, 9.17) is 4.52 Å². The molecule has 0 radical (unpaired) electrons. The van der Waals surface area contributed by atoms with Crippen molar-refractivity contribution >= 4 is 11.8 Å². The van der Waals surface area contributed by atoms with Gasteiger partial charge in [-0.05, 0) is 19.9 Å². The molecular weight excluding hydrogens is 322 g/mol. The molecule has 3 rings (SSSR count). The number of rotatable bonds is 4. The van der Waals surface area contributed by atoms with Crippen molar-refractivity contribution in [1.29, 1.82) is 0 Å². The van der Waals surface area contributed by atoms with Crippen LogP contribution in [0.1, 0.15) is 27.5 Å². The summed E-state index contributed by atoms with van der Waals surface area (Å²) in [6, 6.07) is 11.1. The SMILES string of the molecule is Cc1noc(C)c1CC(=O)NNC(=O)c1cc(-c2ccccc2)n[nH]1. The maximum absolute atomic E-state index is 12.1. The van der Waals surface area contributed by atoms with Crippen LogP contribution in [0.2, 0.25) is 0 Å². The summed E-state index contributed by atoms with van der Waals surface area (Å²) in [6.45, 7) is 3.49. The van der Waals surface area contributed by atoms with E-state index in [1.165, 1.54) is 0 Å². The molecule has 25 heavy (non-hydrogen) atoms. The Hall–Kier alpha value is -3.42. The first-order valence-electron chi connectivity index (χ1n) is 7.66. The summed E-state index contributed by atoms with van der Waals surface area (Å²) >= 11 is 0. The summed E-state index contributed by atoms with van der Waals surface area (Å²) in [5.41, 5.74) is 7.86. The van der Waals surface area contributed by atoms with E-state index in [-0.39, 0.29) is 18.0 Å². The Labute approximate surface area is 143 Å². The Balaban J connectivity index is 1.58. The van der Waals surface area contributed by atoms with Gasteiger partial charge in [-0.3, -0.25) is 25.5 Å². The lowest BCUT2D eigenvalue weighted by atomic mass is 10.1. The van der Waals surface area contributed by atoms with Crippen LogP contribution < -0.4 is 10.9 Å². The molecule has 3 N–H and O–H groups in total. The molecule has 8 nitrogen and oxygen atoms in total. The van der Waals surface area contributed by atoms with Gasteiger partial charge in [0, 0.05) is 11.1 Å². The molecule has 128 valence electrons. The molecule has 0 atom stereocenters. The van der Waals surface area contributed by atoms with Gasteiger partial charge < -0.3 is 4.52 Å². The zero-order valence-corrected chi connectivity index (χ0v) is 13.8. The minimum atomic E-state index is -0.484. The van der Waals surface area contributed by atoms with Gasteiger partial charge in [-0.2, -0.15) is 5.10 Å². The van der Waals surface area contributed by atoms with Gasteiger partial charge in [0.1, 0.15) is 11.5 Å². The Morgan fingerprint density at radius 2 is 1.92 bits per heavy atom. The first kappa shape index (κ1) is 16.4. The molecule has 0 aliphatic carbocycles. The zero-order valence-electron chi connectivity index (χ0n) is 13.8. The summed E-state index contributed by atoms with van der Waals surface area (Å²) in [5, 5.41) is 10.5. The summed E-state index contributed by atoms with van der Waals surface area (Å²) < 4.78 is 5.01. The summed E-state index contributed by atoms with van der Waals surface area (Å²) in [6.07, 6.45) is 0.0691. The number of hydrazine groups is 1. The average Bonchev–Trinajstić information content (AvgIpc) is 3.23. The van der Waals surface area contributed by atoms with Crippen molar-refractivity contribution in [2.24, 2.45) is 0 Å². The fourth-order valence-electron chi connectivity index (χ4n) is 2.35. The number of nitrogens with zero attached hydrogens (tertiary/aromatic N) is 2. The number of benzene rings is 1. The first-order valence-corrected chi connectivity index (χ1v) is 7.66. The normalized spacial score (nSPS) is 10.5. The Kier molecular flexibility index (Phi) is 4.60. The van der Waals surface area contributed by atoms with Crippen LogP contribution in [-0.4, -0.2) is 27.2 Å². The Bertz CT molecular complexity index is 879. The molecule has 0 saturated carbocycles. The van der Waals surface area contributed by atoms with Gasteiger partial charge in [-0.1, -0.05) is 35.5 Å². The van der Waals surface area contributed by atoms with E-state index < -0.39 is 5.91 Å². The fourth-order valence-corrected chi connectivity index (χ4v) is 2.35. The van der Waals surface area contributed by atoms with Crippen LogP contribution in [0.15, 0.2) is 40.9 Å². The standard InChI is InChI=1S/C17H17N5O3/c1-10-13(11(2)25-22-10)8-16(23)20-21-17(24)15-9-14(18-19-15)12-6-4-3-5-7-12/h3-7,9H,8H2,1-2H3,(H,18,19)(H,20,23)(H,21,24). The second-order valence-corrected chi connectivity index (χ2v) is 5.51. The number of amides is 2. The lowest BCUT2D eigenvalue weighted by Crippen LogP contribution is -2.42. The number of aromatic amines is 1. The predicted octanol–water partition coefficient (Wildman–Crippen LogP) is 1.69. The van der Waals surface area contributed by atoms with Gasteiger partial charge in [0.15, 0.2) is 0 Å². The van der Waals surface area contributed by atoms with Crippen molar-refractivity contribution in [1.82, 2.24) is 26.2 Å². The average molecular weight is 339 g/mol. The van der Waals surface area contributed by atoms with Gasteiger partial charge in [0.05, 0.1) is 17.8 Å². The molecule has 0 aliphatic heterocycles. The number of aromatic nitrogens is 3. The number of carbonyl (C=O) groups is 2. The fraction of sp³-hybridized carbons (Fsp3) is 0.176. The third kappa shape index (κ3) is 3.74. The number of aryl methyl sites for hydroxylation is 2. The van der Waals surface area contributed by atoms with Crippen molar-refractivity contribution in [3.8, 4) is 11.3 Å². The van der Waals surface area contributed by atoms with E-state index in [9.17, 15) is 9.59 Å². The highest BCUT2D eigenvalue weighted by atomic mass is 16.5. The second kappa shape index (κ2) is 7.00. The van der Waals surface area contributed by atoms with Crippen LogP contribution in [0, 0.1) is 13.8 Å². The number of hydrogen-bond donors (Lipinski definition) is 3. The monoisotopic (exact) mass is 339 g/mol. The molecule has 3 aromatic rings. The summed E-state index contributed by atoms with van der Waals surface area (Å²) in [5.74, 6) is -0.271. The third-order valence-electron chi connectivity index (χ3n) is 3.73. The number of hydrogen-bond acceptors (Lipinski definition) is 5. The number of H-pyrrole nitrogens is 1. The zero-order chi connectivity index (χ0) is 17.8. The molecule has 0 aliphatic rings. The molecule has 1 aromatic carbocycles. The van der Waals surface area contributed by atoms with Gasteiger partial charge >= 0.3 is 0 Å². The molecule has 0 unspecified atom stereocenters. The molecule has 8 heteroatoms. The van der Waals surface area contributed by atoms with Crippen molar-refractivity contribution in [3.63, 3.8) is 0 Å². The molecule has 0 spiro atoms. The predicted molar refractivity (Wildman–Crippen MR) is 89.3 cm³/mol. The van der Waals surface area contributed by atoms with E-state index in [0.29, 0.717) is 22.7 Å². The minimum Gasteiger partial charge on any atom is -0.361 e. The molecule has 2 aromatic heterocycles. The highest BCUT2D eigenvalue weighted by molar-refractivity contribution is 5.94. The van der Waals surface area contributed by atoms with E-state index in [1.54, 1.807) is 19.9 Å². The smallest absolute Gasteiger partial charge is 0.287 e. The first-order chi connectivity index (χ1) is 12.0. The molecule has 2 amide bonds. The quantitative estimate of drug-likeness (QED) is 0.626. The van der Waals surface area contributed by atoms with Gasteiger partial charge in [0.2, 0.25) is 5.91 Å². The molecule has 0 saturated heterocycles. The van der Waals surface area contributed by atoms with Gasteiger partial charge in [-0.25, -0.2) is 0 Å². The van der Waals surface area contributed by atoms with Gasteiger partial charge in [0.25, 0.3) is 5.91 Å². The van der Waals surface area contributed by atoms with E-state index >= 15 is 0 Å². The maximum atomic E-state index is 12.1. The molecule has 2 heterocycles. The van der Waals surface area contributed by atoms with Crippen molar-refractivity contribution in [2.75, 3.05) is 0 Å². The summed E-state index contributed by atoms with van der Waals surface area (Å²) in [7, 11) is 0. The third-order valence-corrected chi connectivity index (χ3v) is 3.73. The van der Waals surface area contributed by atoms with Crippen molar-refractivity contribution in [3.05, 3.63) is 59.1 Å². The lowest BCUT2D eigenvalue weighted by molar-refractivity contribution is -0.121. The highest BCUT2D eigenvalue weighted by Gasteiger charge is 2.15. The Morgan fingerprint density at radius 1 is 1.16 bits per heavy atom. The van der Waals surface area contributed by atoms with E-state index in [1.807, 2.05) is 30.3 Å². The van der Waals surface area contributed by atoms with Crippen molar-refractivity contribution < 1.29 is 14.1 Å². The number of nitrogens with one attached hydrogen (secondary N) is 3. The van der Waals surface area contributed by atoms with Crippen LogP contribution in [-0.2, 0) is 11.2 Å². The second-order valence-electron chi connectivity index (χ2n) is 5.51. The largest absolute Gasteiger partial charge is 0.361 e. The molecule has 0 fully saturated rings. The number of carbonyl (C=O) groups excluding carboxylic acids is 2.